The van der Waals surface area contributed by atoms with Crippen molar-refractivity contribution in [2.45, 2.75) is 297 Å². The lowest BCUT2D eigenvalue weighted by Gasteiger charge is -2.18. The van der Waals surface area contributed by atoms with E-state index in [1.54, 1.807) is 0 Å². The molecule has 0 saturated heterocycles. The van der Waals surface area contributed by atoms with E-state index in [1.165, 1.54) is 70.6 Å². The predicted octanol–water partition coefficient (Wildman–Crippen LogP) is 23.7. The summed E-state index contributed by atoms with van der Waals surface area (Å²) in [5, 5.41) is 0. The van der Waals surface area contributed by atoms with Gasteiger partial charge < -0.3 is 14.2 Å². The number of esters is 3. The third-order valence-electron chi connectivity index (χ3n) is 14.0. The summed E-state index contributed by atoms with van der Waals surface area (Å²) in [5.41, 5.74) is 0. The third-order valence-corrected chi connectivity index (χ3v) is 14.0. The summed E-state index contributed by atoms with van der Waals surface area (Å²) < 4.78 is 16.9. The van der Waals surface area contributed by atoms with E-state index in [0.717, 1.165) is 180 Å². The van der Waals surface area contributed by atoms with Gasteiger partial charge in [-0.1, -0.05) is 288 Å². The van der Waals surface area contributed by atoms with Crippen LogP contribution in [0.15, 0.2) is 158 Å². The van der Waals surface area contributed by atoms with E-state index in [0.29, 0.717) is 19.3 Å². The second-order valence-electron chi connectivity index (χ2n) is 21.9. The van der Waals surface area contributed by atoms with Crippen molar-refractivity contribution >= 4 is 17.9 Å². The Morgan fingerprint density at radius 2 is 0.434 bits per heavy atom. The fraction of sp³-hybridized carbons (Fsp3) is 0.623. The smallest absolute Gasteiger partial charge is 0.306 e. The van der Waals surface area contributed by atoms with E-state index in [1.807, 2.05) is 0 Å². The first-order chi connectivity index (χ1) is 41.0. The lowest BCUT2D eigenvalue weighted by molar-refractivity contribution is -0.167. The van der Waals surface area contributed by atoms with E-state index in [9.17, 15) is 14.4 Å². The summed E-state index contributed by atoms with van der Waals surface area (Å²) in [4.78, 5) is 38.4. The molecule has 0 aromatic carbocycles. The molecule has 0 spiro atoms. The van der Waals surface area contributed by atoms with Crippen LogP contribution in [0.3, 0.4) is 0 Å². The van der Waals surface area contributed by atoms with Crippen LogP contribution < -0.4 is 0 Å². The highest BCUT2D eigenvalue weighted by Crippen LogP contribution is 2.16. The van der Waals surface area contributed by atoms with Crippen molar-refractivity contribution in [3.05, 3.63) is 158 Å². The molecule has 0 heterocycles. The van der Waals surface area contributed by atoms with Crippen LogP contribution in [-0.4, -0.2) is 37.2 Å². The zero-order chi connectivity index (χ0) is 59.9. The van der Waals surface area contributed by atoms with Crippen molar-refractivity contribution < 1.29 is 28.6 Å². The summed E-state index contributed by atoms with van der Waals surface area (Å²) in [6.07, 6.45) is 101. The highest BCUT2D eigenvalue weighted by molar-refractivity contribution is 5.71. The van der Waals surface area contributed by atoms with Crippen molar-refractivity contribution in [2.75, 3.05) is 13.2 Å². The Balaban J connectivity index is 4.37. The highest BCUT2D eigenvalue weighted by atomic mass is 16.6. The van der Waals surface area contributed by atoms with Crippen LogP contribution in [0.2, 0.25) is 0 Å². The largest absolute Gasteiger partial charge is 0.462 e. The van der Waals surface area contributed by atoms with Gasteiger partial charge in [-0.3, -0.25) is 14.4 Å². The normalized spacial score (nSPS) is 13.1. The van der Waals surface area contributed by atoms with Gasteiger partial charge in [-0.05, 0) is 141 Å². The molecule has 0 rings (SSSR count). The molecule has 0 aliphatic rings. The molecule has 1 unspecified atom stereocenters. The highest BCUT2D eigenvalue weighted by Gasteiger charge is 2.19. The van der Waals surface area contributed by atoms with Gasteiger partial charge in [0.1, 0.15) is 13.2 Å². The molecule has 0 aliphatic carbocycles. The number of rotatable bonds is 60. The van der Waals surface area contributed by atoms with E-state index in [4.69, 9.17) is 14.2 Å². The molecule has 6 heteroatoms. The molecule has 0 aromatic rings. The molecule has 0 radical (unpaired) electrons. The van der Waals surface area contributed by atoms with Crippen LogP contribution in [0, 0.1) is 0 Å². The molecular weight excluding hydrogens is 1020 g/mol. The van der Waals surface area contributed by atoms with Crippen LogP contribution >= 0.6 is 0 Å². The Kier molecular flexibility index (Phi) is 65.4. The van der Waals surface area contributed by atoms with E-state index in [2.05, 4.69) is 179 Å². The van der Waals surface area contributed by atoms with Gasteiger partial charge in [0.25, 0.3) is 0 Å². The fourth-order valence-corrected chi connectivity index (χ4v) is 9.04. The minimum Gasteiger partial charge on any atom is -0.462 e. The lowest BCUT2D eigenvalue weighted by atomic mass is 10.0. The summed E-state index contributed by atoms with van der Waals surface area (Å²) in [5.74, 6) is -0.933. The van der Waals surface area contributed by atoms with Gasteiger partial charge >= 0.3 is 17.9 Å². The Bertz CT molecular complexity index is 1840. The average molecular weight is 1150 g/mol. The molecule has 0 aliphatic heterocycles. The SMILES string of the molecule is CC/C=C\C/C=C\C/C=C\C/C=C\C/C=C\CCCCCCCCCCCCCCCC(=O)OCC(COC(=O)CCCCCCC/C=C\C/C=C\C/C=C\CC)OC(=O)CCCCCCC/C=C\C/C=C\C/C=C\C/C=C\C/C=C\CC. The van der Waals surface area contributed by atoms with Crippen molar-refractivity contribution in [3.8, 4) is 0 Å². The summed E-state index contributed by atoms with van der Waals surface area (Å²) in [7, 11) is 0. The first-order valence-corrected chi connectivity index (χ1v) is 34.0. The molecule has 6 nitrogen and oxygen atoms in total. The Morgan fingerprint density at radius 1 is 0.241 bits per heavy atom. The quantitative estimate of drug-likeness (QED) is 0.0261. The van der Waals surface area contributed by atoms with Gasteiger partial charge in [0.15, 0.2) is 6.10 Å². The van der Waals surface area contributed by atoms with E-state index in [-0.39, 0.29) is 31.1 Å². The summed E-state index contributed by atoms with van der Waals surface area (Å²) in [6.45, 7) is 6.28. The average Bonchev–Trinajstić information content (AvgIpc) is 3.49. The Morgan fingerprint density at radius 3 is 0.675 bits per heavy atom. The Hall–Kier alpha value is -4.97. The maximum atomic E-state index is 12.9. The summed E-state index contributed by atoms with van der Waals surface area (Å²) in [6, 6.07) is 0. The fourth-order valence-electron chi connectivity index (χ4n) is 9.04. The van der Waals surface area contributed by atoms with Gasteiger partial charge in [-0.25, -0.2) is 0 Å². The van der Waals surface area contributed by atoms with Gasteiger partial charge in [0.2, 0.25) is 0 Å². The standard InChI is InChI=1S/C77H124O6/c1-4-7-10-13-16-19-22-25-28-30-32-34-35-36-37-38-39-40-41-43-44-46-49-52-55-58-61-64-67-70-76(79)82-73-74(72-81-75(78)69-66-63-60-57-54-51-48-27-24-21-18-15-12-9-6-3)83-77(80)71-68-65-62-59-56-53-50-47-45-42-33-31-29-26-23-20-17-14-11-8-5-2/h7-12,16-21,25-29,32-34,36-37,42,47-48,50,74H,4-6,13-15,22-24,30-31,35,38-41,43-46,49,51-73H2,1-3H3/b10-7-,11-8-,12-9-,19-16-,20-17-,21-18-,28-25-,29-26-,34-32-,37-36-,42-33-,48-27-,50-47-. The number of hydrogen-bond donors (Lipinski definition) is 0. The van der Waals surface area contributed by atoms with Crippen molar-refractivity contribution in [1.82, 2.24) is 0 Å². The zero-order valence-corrected chi connectivity index (χ0v) is 53.7. The molecule has 0 N–H and O–H groups in total. The number of hydrogen-bond acceptors (Lipinski definition) is 6. The maximum absolute atomic E-state index is 12.9. The second kappa shape index (κ2) is 69.5. The number of ether oxygens (including phenoxy) is 3. The number of unbranched alkanes of at least 4 members (excludes halogenated alkanes) is 23. The van der Waals surface area contributed by atoms with Gasteiger partial charge in [0.05, 0.1) is 0 Å². The van der Waals surface area contributed by atoms with E-state index >= 15 is 0 Å². The van der Waals surface area contributed by atoms with Crippen LogP contribution in [0.1, 0.15) is 290 Å². The molecule has 468 valence electrons. The monoisotopic (exact) mass is 1140 g/mol. The van der Waals surface area contributed by atoms with Crippen molar-refractivity contribution in [3.63, 3.8) is 0 Å². The van der Waals surface area contributed by atoms with Crippen LogP contribution in [0.4, 0.5) is 0 Å². The molecular formula is C77H124O6. The first kappa shape index (κ1) is 78.0. The van der Waals surface area contributed by atoms with Crippen molar-refractivity contribution in [2.24, 2.45) is 0 Å². The van der Waals surface area contributed by atoms with E-state index < -0.39 is 6.10 Å². The Labute approximate surface area is 511 Å². The predicted molar refractivity (Wildman–Crippen MR) is 362 cm³/mol. The van der Waals surface area contributed by atoms with Gasteiger partial charge in [0, 0.05) is 19.3 Å². The molecule has 1 atom stereocenters. The number of allylic oxidation sites excluding steroid dienone is 26. The van der Waals surface area contributed by atoms with Gasteiger partial charge in [-0.15, -0.1) is 0 Å². The minimum atomic E-state index is -0.805. The first-order valence-electron chi connectivity index (χ1n) is 34.0. The molecule has 83 heavy (non-hydrogen) atoms. The molecule has 0 fully saturated rings. The minimum absolute atomic E-state index is 0.0974. The maximum Gasteiger partial charge on any atom is 0.306 e. The molecule has 0 saturated carbocycles. The topological polar surface area (TPSA) is 78.9 Å². The molecule has 0 bridgehead atoms. The van der Waals surface area contributed by atoms with Crippen LogP contribution in [-0.2, 0) is 28.6 Å². The van der Waals surface area contributed by atoms with Crippen LogP contribution in [0.5, 0.6) is 0 Å². The van der Waals surface area contributed by atoms with Crippen LogP contribution in [0.25, 0.3) is 0 Å². The van der Waals surface area contributed by atoms with Gasteiger partial charge in [-0.2, -0.15) is 0 Å². The number of carbonyl (C=O) groups excluding carboxylic acids is 3. The van der Waals surface area contributed by atoms with Crippen molar-refractivity contribution in [1.29, 1.82) is 0 Å². The summed E-state index contributed by atoms with van der Waals surface area (Å²) >= 11 is 0. The molecule has 0 amide bonds. The lowest BCUT2D eigenvalue weighted by Crippen LogP contribution is -2.30. The molecule has 0 aromatic heterocycles. The number of carbonyl (C=O) groups is 3. The second-order valence-corrected chi connectivity index (χ2v) is 21.9. The third kappa shape index (κ3) is 67.7. The zero-order valence-electron chi connectivity index (χ0n) is 53.7.